The van der Waals surface area contributed by atoms with E-state index >= 15 is 0 Å². The number of likely N-dealkylation sites (tertiary alicyclic amines) is 1. The summed E-state index contributed by atoms with van der Waals surface area (Å²) in [5.41, 5.74) is 7.06. The number of hydrogen-bond donors (Lipinski definition) is 1. The van der Waals surface area contributed by atoms with Gasteiger partial charge in [0.25, 0.3) is 0 Å². The summed E-state index contributed by atoms with van der Waals surface area (Å²) in [6, 6.07) is 3.42. The van der Waals surface area contributed by atoms with Crippen LogP contribution in [0.4, 0.5) is 5.69 Å². The van der Waals surface area contributed by atoms with Gasteiger partial charge in [-0.25, -0.2) is 0 Å². The van der Waals surface area contributed by atoms with Crippen molar-refractivity contribution in [2.75, 3.05) is 32.5 Å². The number of piperidine rings is 1. The maximum absolute atomic E-state index is 12.3. The zero-order valence-corrected chi connectivity index (χ0v) is 15.6. The van der Waals surface area contributed by atoms with Gasteiger partial charge in [-0.1, -0.05) is 24.9 Å². The van der Waals surface area contributed by atoms with Crippen molar-refractivity contribution >= 4 is 23.1 Å². The number of ether oxygens (including phenoxy) is 1. The molecule has 0 saturated carbocycles. The largest absolute Gasteiger partial charge is 0.496 e. The predicted molar refractivity (Wildman–Crippen MR) is 99.8 cm³/mol. The molecule has 1 aromatic carbocycles. The van der Waals surface area contributed by atoms with E-state index in [1.807, 2.05) is 0 Å². The fourth-order valence-corrected chi connectivity index (χ4v) is 3.54. The highest BCUT2D eigenvalue weighted by Crippen LogP contribution is 2.29. The van der Waals surface area contributed by atoms with E-state index in [1.54, 1.807) is 19.2 Å². The van der Waals surface area contributed by atoms with Gasteiger partial charge < -0.3 is 15.4 Å². The molecule has 0 atom stereocenters. The van der Waals surface area contributed by atoms with Crippen LogP contribution in [0.5, 0.6) is 5.75 Å². The summed E-state index contributed by atoms with van der Waals surface area (Å²) in [7, 11) is 1.58. The highest BCUT2D eigenvalue weighted by Gasteiger charge is 2.18. The molecule has 1 aromatic rings. The number of nitrogen functional groups attached to an aromatic ring is 1. The zero-order valence-electron chi connectivity index (χ0n) is 14.8. The lowest BCUT2D eigenvalue weighted by Gasteiger charge is -2.31. The number of hydrogen-bond acceptors (Lipinski definition) is 4. The number of anilines is 1. The number of rotatable bonds is 8. The topological polar surface area (TPSA) is 55.6 Å². The maximum Gasteiger partial charge on any atom is 0.137 e. The van der Waals surface area contributed by atoms with Gasteiger partial charge in [0.15, 0.2) is 0 Å². The molecule has 0 bridgehead atoms. The van der Waals surface area contributed by atoms with Crippen LogP contribution in [0.1, 0.15) is 44.6 Å². The molecule has 1 heterocycles. The second-order valence-corrected chi connectivity index (χ2v) is 7.11. The molecule has 4 nitrogen and oxygen atoms in total. The molecular formula is C19H29ClN2O2. The zero-order chi connectivity index (χ0) is 17.5. The van der Waals surface area contributed by atoms with Crippen molar-refractivity contribution in [2.24, 2.45) is 5.92 Å². The Balaban J connectivity index is 1.77. The predicted octanol–water partition coefficient (Wildman–Crippen LogP) is 3.94. The lowest BCUT2D eigenvalue weighted by atomic mass is 9.94. The molecule has 0 aliphatic carbocycles. The molecule has 0 aromatic heterocycles. The highest BCUT2D eigenvalue weighted by atomic mass is 35.5. The summed E-state index contributed by atoms with van der Waals surface area (Å²) in [5.74, 6) is 1.75. The van der Waals surface area contributed by atoms with Gasteiger partial charge in [0.05, 0.1) is 17.8 Å². The standard InChI is InChI=1S/C19H29ClN2O2/c1-3-14-6-9-22(10-7-14)8-4-5-16(23)11-15-12-17(20)18(21)13-19(15)24-2/h12-14H,3-11,21H2,1-2H3. The number of methoxy groups -OCH3 is 1. The van der Waals surface area contributed by atoms with Crippen molar-refractivity contribution in [1.29, 1.82) is 0 Å². The number of nitrogens with zero attached hydrogens (tertiary/aromatic N) is 1. The van der Waals surface area contributed by atoms with Crippen LogP contribution in [0.15, 0.2) is 12.1 Å². The molecule has 1 fully saturated rings. The normalized spacial score (nSPS) is 16.3. The molecule has 5 heteroatoms. The third kappa shape index (κ3) is 5.38. The first kappa shape index (κ1) is 19.1. The summed E-state index contributed by atoms with van der Waals surface area (Å²) in [6.45, 7) is 5.64. The van der Waals surface area contributed by atoms with E-state index in [1.165, 1.54) is 32.4 Å². The van der Waals surface area contributed by atoms with Crippen LogP contribution >= 0.6 is 11.6 Å². The number of carbonyl (C=O) groups is 1. The number of Topliss-reactive ketones (excluding diaryl/α,β-unsaturated/α-hetero) is 1. The van der Waals surface area contributed by atoms with Gasteiger partial charge >= 0.3 is 0 Å². The van der Waals surface area contributed by atoms with Crippen LogP contribution in [-0.2, 0) is 11.2 Å². The van der Waals surface area contributed by atoms with Gasteiger partial charge in [-0.05, 0) is 50.9 Å². The molecule has 0 radical (unpaired) electrons. The fourth-order valence-electron chi connectivity index (χ4n) is 3.36. The first-order valence-electron chi connectivity index (χ1n) is 8.89. The SMILES string of the molecule is CCC1CCN(CCCC(=O)Cc2cc(Cl)c(N)cc2OC)CC1. The van der Waals surface area contributed by atoms with Gasteiger partial charge in [0.2, 0.25) is 0 Å². The van der Waals surface area contributed by atoms with Crippen LogP contribution in [0, 0.1) is 5.92 Å². The van der Waals surface area contributed by atoms with Gasteiger partial charge in [-0.2, -0.15) is 0 Å². The Morgan fingerprint density at radius 1 is 1.38 bits per heavy atom. The summed E-state index contributed by atoms with van der Waals surface area (Å²) < 4.78 is 5.30. The summed E-state index contributed by atoms with van der Waals surface area (Å²) in [6.07, 6.45) is 5.75. The summed E-state index contributed by atoms with van der Waals surface area (Å²) in [4.78, 5) is 14.8. The third-order valence-electron chi connectivity index (χ3n) is 5.00. The van der Waals surface area contributed by atoms with Crippen molar-refractivity contribution < 1.29 is 9.53 Å². The van der Waals surface area contributed by atoms with Crippen molar-refractivity contribution in [3.8, 4) is 5.75 Å². The minimum Gasteiger partial charge on any atom is -0.496 e. The number of nitrogens with two attached hydrogens (primary N) is 1. The van der Waals surface area contributed by atoms with E-state index in [-0.39, 0.29) is 5.78 Å². The van der Waals surface area contributed by atoms with Crippen molar-refractivity contribution in [3.63, 3.8) is 0 Å². The van der Waals surface area contributed by atoms with Crippen molar-refractivity contribution in [3.05, 3.63) is 22.7 Å². The molecule has 0 unspecified atom stereocenters. The first-order valence-corrected chi connectivity index (χ1v) is 9.27. The molecule has 2 N–H and O–H groups in total. The van der Waals surface area contributed by atoms with E-state index in [9.17, 15) is 4.79 Å². The van der Waals surface area contributed by atoms with E-state index in [0.717, 1.165) is 24.4 Å². The van der Waals surface area contributed by atoms with Crippen LogP contribution in [0.3, 0.4) is 0 Å². The summed E-state index contributed by atoms with van der Waals surface area (Å²) in [5, 5.41) is 0.470. The summed E-state index contributed by atoms with van der Waals surface area (Å²) >= 11 is 6.06. The average Bonchev–Trinajstić information content (AvgIpc) is 2.58. The number of carbonyl (C=O) groups excluding carboxylic acids is 1. The van der Waals surface area contributed by atoms with E-state index < -0.39 is 0 Å². The van der Waals surface area contributed by atoms with Crippen LogP contribution in [0.2, 0.25) is 5.02 Å². The van der Waals surface area contributed by atoms with E-state index in [2.05, 4.69) is 11.8 Å². The maximum atomic E-state index is 12.3. The third-order valence-corrected chi connectivity index (χ3v) is 5.33. The molecular weight excluding hydrogens is 324 g/mol. The van der Waals surface area contributed by atoms with Crippen LogP contribution in [0.25, 0.3) is 0 Å². The van der Waals surface area contributed by atoms with Crippen LogP contribution in [-0.4, -0.2) is 37.4 Å². The molecule has 2 rings (SSSR count). The minimum atomic E-state index is 0.220. The number of ketones is 1. The smallest absolute Gasteiger partial charge is 0.137 e. The Bertz CT molecular complexity index is 555. The molecule has 1 aliphatic rings. The average molecular weight is 353 g/mol. The Kier molecular flexibility index (Phi) is 7.38. The fraction of sp³-hybridized carbons (Fsp3) is 0.632. The Morgan fingerprint density at radius 3 is 2.71 bits per heavy atom. The van der Waals surface area contributed by atoms with Gasteiger partial charge in [0, 0.05) is 24.5 Å². The Labute approximate surface area is 150 Å². The first-order chi connectivity index (χ1) is 11.5. The Morgan fingerprint density at radius 2 is 2.08 bits per heavy atom. The number of benzene rings is 1. The lowest BCUT2D eigenvalue weighted by molar-refractivity contribution is -0.118. The number of halogens is 1. The quantitative estimate of drug-likeness (QED) is 0.720. The lowest BCUT2D eigenvalue weighted by Crippen LogP contribution is -2.34. The van der Waals surface area contributed by atoms with Crippen LogP contribution < -0.4 is 10.5 Å². The van der Waals surface area contributed by atoms with Gasteiger partial charge in [-0.3, -0.25) is 4.79 Å². The molecule has 24 heavy (non-hydrogen) atoms. The van der Waals surface area contributed by atoms with E-state index in [4.69, 9.17) is 22.1 Å². The molecule has 1 aliphatic heterocycles. The second-order valence-electron chi connectivity index (χ2n) is 6.70. The molecule has 134 valence electrons. The van der Waals surface area contributed by atoms with E-state index in [0.29, 0.717) is 29.3 Å². The van der Waals surface area contributed by atoms with Crippen molar-refractivity contribution in [1.82, 2.24) is 4.90 Å². The molecule has 0 spiro atoms. The monoisotopic (exact) mass is 352 g/mol. The molecule has 0 amide bonds. The van der Waals surface area contributed by atoms with Gasteiger partial charge in [-0.15, -0.1) is 0 Å². The van der Waals surface area contributed by atoms with Crippen molar-refractivity contribution in [2.45, 2.75) is 45.4 Å². The molecule has 1 saturated heterocycles. The second kappa shape index (κ2) is 9.28. The van der Waals surface area contributed by atoms with Gasteiger partial charge in [0.1, 0.15) is 11.5 Å². The highest BCUT2D eigenvalue weighted by molar-refractivity contribution is 6.33. The minimum absolute atomic E-state index is 0.220. The Hall–Kier alpha value is -1.26.